The van der Waals surface area contributed by atoms with E-state index in [4.69, 9.17) is 86.0 Å². The van der Waals surface area contributed by atoms with E-state index in [1.807, 2.05) is 0 Å². The summed E-state index contributed by atoms with van der Waals surface area (Å²) >= 11 is 0. The number of aromatic hydroxyl groups is 1. The standard InChI is InChI=1S/C68H125N33O14/c1-38(102)91-50(36-39-22-24-40(103)25-23-39)54(107)90-37-52(105)92-42(17-9-31-85-64(75)76)55(108)94-43(14-4-6-28-69)57(110)95-44(15-5-7-29-70)58(111)97-46(19-11-33-87-66(79)80)59(112)98-47(20-12-34-88-67(81)82)61(114)100-49(26-27-51(71)104)62(115)99-48(21-13-35-89-68(83)101(2)3)60(113)96-45(18-10-32-86-65(77)78)56(109)93-41(53(72)106)16-8-30-84-63(73)74/h22-25,41-50,103H,4-21,26-37,69-70H2,1-3H3,(H2,71,104)(H2,72,106)(H2,83,89)(H,90,107)(H,91,102)(H,92,105)(H,93,109)(H,94,108)(H,95,110)(H,96,113)(H,97,111)(H,98,112)(H,99,115)(H,100,114)(H4,73,74,84)(H4,75,76,85)(H4,77,78,86)(H4,79,80,87)(H4,81,82,88)/t41-,42-,43-,44-,45-,46-,47-,48-,49-,50-/m0/s1. The average Bonchev–Trinajstić information content (AvgIpc) is 0.842. The monoisotopic (exact) mass is 1630 g/mol. The largest absolute Gasteiger partial charge is 0.508 e. The molecule has 1 rings (SSSR count). The molecule has 13 amide bonds. The fourth-order valence-electron chi connectivity index (χ4n) is 10.9. The normalized spacial score (nSPS) is 13.6. The topological polar surface area (TPSA) is 842 Å². The van der Waals surface area contributed by atoms with Crippen molar-refractivity contribution >= 4 is 113 Å². The zero-order valence-electron chi connectivity index (χ0n) is 65.8. The van der Waals surface area contributed by atoms with E-state index in [0.717, 1.165) is 0 Å². The summed E-state index contributed by atoms with van der Waals surface area (Å²) in [5, 5.41) is 38.3. The van der Waals surface area contributed by atoms with Gasteiger partial charge in [-0.05, 0) is 153 Å². The zero-order chi connectivity index (χ0) is 86.5. The smallest absolute Gasteiger partial charge is 0.243 e. The van der Waals surface area contributed by atoms with Crippen LogP contribution in [0.1, 0.15) is 141 Å². The maximum absolute atomic E-state index is 14.9. The lowest BCUT2D eigenvalue weighted by Gasteiger charge is -2.28. The van der Waals surface area contributed by atoms with Gasteiger partial charge in [-0.1, -0.05) is 12.1 Å². The Bertz CT molecular complexity index is 3470. The fourth-order valence-corrected chi connectivity index (χ4v) is 10.9. The van der Waals surface area contributed by atoms with Gasteiger partial charge in [0.05, 0.1) is 6.54 Å². The molecule has 0 aromatic heterocycles. The van der Waals surface area contributed by atoms with E-state index in [2.05, 4.69) is 88.4 Å². The second kappa shape index (κ2) is 56.8. The Hall–Kier alpha value is -12.3. The number of carbonyl (C=O) groups excluding carboxylic acids is 13. The van der Waals surface area contributed by atoms with E-state index in [1.54, 1.807) is 26.2 Å². The predicted octanol–water partition coefficient (Wildman–Crippen LogP) is -11.1. The molecule has 0 radical (unpaired) electrons. The fraction of sp³-hybridized carbons (Fsp3) is 0.632. The van der Waals surface area contributed by atoms with Crippen LogP contribution in [-0.4, -0.2) is 256 Å². The van der Waals surface area contributed by atoms with Crippen molar-refractivity contribution in [2.75, 3.05) is 73.0 Å². The molecule has 1 aromatic carbocycles. The van der Waals surface area contributed by atoms with Gasteiger partial charge < -0.3 is 154 Å². The SMILES string of the molecule is CC(=O)N[C@@H](Cc1ccc(O)cc1)C(=O)NCC(=O)N[C@@H](CCCN=C(N)N)C(=O)N[C@@H](CCCCN)C(=O)N[C@@H](CCCCN)C(=O)N[C@@H](CCCN=C(N)N)C(=O)N[C@@H](CCCN=C(N)N)C(=O)N[C@@H](CCC(N)=O)C(=O)N[C@@H](CCCN=C(N)N(C)C)C(=O)N[C@@H](CCCN=C(N)N)C(=O)N[C@@H](CCCN=C(N)N)C(N)=O. The highest BCUT2D eigenvalue weighted by Gasteiger charge is 2.36. The summed E-state index contributed by atoms with van der Waals surface area (Å²) in [5.74, 6) is -13.0. The van der Waals surface area contributed by atoms with Crippen LogP contribution >= 0.6 is 0 Å². The third kappa shape index (κ3) is 46.3. The van der Waals surface area contributed by atoms with Crippen LogP contribution in [0, 0.1) is 0 Å². The van der Waals surface area contributed by atoms with E-state index < -0.39 is 157 Å². The molecule has 0 bridgehead atoms. The number of nitrogens with zero attached hydrogens (tertiary/aromatic N) is 7. The highest BCUT2D eigenvalue weighted by molar-refractivity contribution is 5.99. The van der Waals surface area contributed by atoms with Gasteiger partial charge in [0.2, 0.25) is 76.8 Å². The Morgan fingerprint density at radius 1 is 0.348 bits per heavy atom. The molecule has 0 fully saturated rings. The predicted molar refractivity (Wildman–Crippen MR) is 432 cm³/mol. The quantitative estimate of drug-likeness (QED) is 0.0164. The number of nitrogens with two attached hydrogens (primary N) is 15. The van der Waals surface area contributed by atoms with Gasteiger partial charge in [0, 0.05) is 73.1 Å². The molecule has 0 aliphatic carbocycles. The van der Waals surface area contributed by atoms with Crippen LogP contribution in [-0.2, 0) is 68.7 Å². The first-order valence-corrected chi connectivity index (χ1v) is 37.6. The van der Waals surface area contributed by atoms with Crippen molar-refractivity contribution in [2.45, 2.75) is 202 Å². The first-order valence-electron chi connectivity index (χ1n) is 37.6. The van der Waals surface area contributed by atoms with Crippen LogP contribution in [0.2, 0.25) is 0 Å². The maximum Gasteiger partial charge on any atom is 0.243 e. The summed E-state index contributed by atoms with van der Waals surface area (Å²) in [5.41, 5.74) is 85.1. The van der Waals surface area contributed by atoms with Gasteiger partial charge in [0.25, 0.3) is 0 Å². The van der Waals surface area contributed by atoms with Gasteiger partial charge in [0.15, 0.2) is 35.8 Å². The van der Waals surface area contributed by atoms with Crippen LogP contribution in [0.15, 0.2) is 54.2 Å². The number of aliphatic imine (C=N–C) groups is 6. The summed E-state index contributed by atoms with van der Waals surface area (Å²) in [7, 11) is 3.27. The summed E-state index contributed by atoms with van der Waals surface area (Å²) in [6.45, 7) is 0.701. The molecule has 0 spiro atoms. The number of carbonyl (C=O) groups is 13. The van der Waals surface area contributed by atoms with Crippen molar-refractivity contribution < 1.29 is 67.4 Å². The number of hydrogen-bond acceptors (Lipinski definition) is 22. The molecular formula is C68H125N33O14. The highest BCUT2D eigenvalue weighted by Crippen LogP contribution is 2.15. The van der Waals surface area contributed by atoms with Crippen molar-refractivity contribution in [3.05, 3.63) is 29.8 Å². The summed E-state index contributed by atoms with van der Waals surface area (Å²) < 4.78 is 0. The number of hydrogen-bond donors (Lipinski definition) is 27. The van der Waals surface area contributed by atoms with Gasteiger partial charge in [-0.25, -0.2) is 0 Å². The molecule has 0 saturated heterocycles. The number of benzene rings is 1. The molecule has 646 valence electrons. The number of unbranched alkanes of at least 4 members (excludes halogenated alkanes) is 2. The third-order valence-corrected chi connectivity index (χ3v) is 16.9. The average molecular weight is 1630 g/mol. The van der Waals surface area contributed by atoms with Crippen molar-refractivity contribution in [1.82, 2.24) is 63.4 Å². The number of nitrogens with one attached hydrogen (secondary N) is 11. The lowest BCUT2D eigenvalue weighted by Crippen LogP contribution is -2.60. The Balaban J connectivity index is 3.96. The number of amides is 13. The molecule has 10 atom stereocenters. The van der Waals surface area contributed by atoms with Crippen LogP contribution in [0.5, 0.6) is 5.75 Å². The molecular weight excluding hydrogens is 1500 g/mol. The molecule has 42 N–H and O–H groups in total. The molecule has 0 unspecified atom stereocenters. The molecule has 115 heavy (non-hydrogen) atoms. The Kier molecular flexibility index (Phi) is 49.7. The van der Waals surface area contributed by atoms with Crippen molar-refractivity contribution in [2.24, 2.45) is 116 Å². The Morgan fingerprint density at radius 2 is 0.626 bits per heavy atom. The number of phenols is 1. The van der Waals surface area contributed by atoms with Gasteiger partial charge in [0.1, 0.15) is 66.2 Å². The van der Waals surface area contributed by atoms with Crippen molar-refractivity contribution in [3.63, 3.8) is 0 Å². The third-order valence-electron chi connectivity index (χ3n) is 16.9. The molecule has 0 aliphatic heterocycles. The zero-order valence-corrected chi connectivity index (χ0v) is 65.8. The Labute approximate surface area is 667 Å². The molecule has 0 aliphatic rings. The van der Waals surface area contributed by atoms with Crippen molar-refractivity contribution in [1.29, 1.82) is 0 Å². The lowest BCUT2D eigenvalue weighted by molar-refractivity contribution is -0.136. The van der Waals surface area contributed by atoms with Crippen LogP contribution in [0.3, 0.4) is 0 Å². The first-order chi connectivity index (χ1) is 54.4. The summed E-state index contributed by atoms with van der Waals surface area (Å²) in [4.78, 5) is 207. The number of primary amides is 2. The molecule has 47 heteroatoms. The molecule has 1 aromatic rings. The van der Waals surface area contributed by atoms with E-state index in [1.165, 1.54) is 24.0 Å². The van der Waals surface area contributed by atoms with Gasteiger partial charge in [-0.2, -0.15) is 0 Å². The second-order valence-corrected chi connectivity index (χ2v) is 26.9. The summed E-state index contributed by atoms with van der Waals surface area (Å²) in [6.07, 6.45) is -0.611. The summed E-state index contributed by atoms with van der Waals surface area (Å²) in [6, 6.07) is -8.78. The molecule has 0 heterocycles. The van der Waals surface area contributed by atoms with Gasteiger partial charge in [-0.15, -0.1) is 0 Å². The van der Waals surface area contributed by atoms with E-state index in [9.17, 15) is 67.4 Å². The van der Waals surface area contributed by atoms with E-state index in [0.29, 0.717) is 18.4 Å². The Morgan fingerprint density at radius 3 is 0.904 bits per heavy atom. The van der Waals surface area contributed by atoms with Crippen LogP contribution in [0.4, 0.5) is 0 Å². The number of phenolic OH excluding ortho intramolecular Hbond substituents is 1. The minimum Gasteiger partial charge on any atom is -0.508 e. The second-order valence-electron chi connectivity index (χ2n) is 26.9. The number of rotatable bonds is 59. The van der Waals surface area contributed by atoms with E-state index in [-0.39, 0.29) is 203 Å². The van der Waals surface area contributed by atoms with Crippen LogP contribution in [0.25, 0.3) is 0 Å². The minimum absolute atomic E-state index is 0.00143. The first kappa shape index (κ1) is 101. The molecule has 0 saturated carbocycles. The van der Waals surface area contributed by atoms with Crippen molar-refractivity contribution in [3.8, 4) is 5.75 Å². The molecule has 47 nitrogen and oxygen atoms in total. The van der Waals surface area contributed by atoms with Crippen LogP contribution < -0.4 is 144 Å². The minimum atomic E-state index is -1.72. The lowest BCUT2D eigenvalue weighted by atomic mass is 10.0. The van der Waals surface area contributed by atoms with Gasteiger partial charge in [-0.3, -0.25) is 92.3 Å². The maximum atomic E-state index is 14.9. The highest BCUT2D eigenvalue weighted by atomic mass is 16.3. The number of guanidine groups is 6. The van der Waals surface area contributed by atoms with E-state index >= 15 is 0 Å². The van der Waals surface area contributed by atoms with Gasteiger partial charge >= 0.3 is 0 Å².